The van der Waals surface area contributed by atoms with Crippen LogP contribution in [0.5, 0.6) is 11.9 Å². The fourth-order valence-corrected chi connectivity index (χ4v) is 1.73. The highest BCUT2D eigenvalue weighted by molar-refractivity contribution is 5.17. The van der Waals surface area contributed by atoms with Crippen LogP contribution < -0.4 is 14.8 Å². The predicted molar refractivity (Wildman–Crippen MR) is 59.8 cm³/mol. The van der Waals surface area contributed by atoms with Crippen molar-refractivity contribution in [1.82, 2.24) is 15.3 Å². The molecule has 1 aliphatic rings. The number of nitrogens with one attached hydrogen (secondary N) is 1. The first-order chi connectivity index (χ1) is 7.78. The number of aromatic nitrogens is 2. The molecule has 1 aromatic heterocycles. The number of ether oxygens (including phenoxy) is 2. The summed E-state index contributed by atoms with van der Waals surface area (Å²) in [6, 6.07) is 2.19. The normalized spacial score (nSPS) is 19.8. The lowest BCUT2D eigenvalue weighted by atomic mass is 10.1. The van der Waals surface area contributed by atoms with Crippen molar-refractivity contribution in [3.63, 3.8) is 0 Å². The predicted octanol–water partition coefficient (Wildman–Crippen LogP) is 0.782. The summed E-state index contributed by atoms with van der Waals surface area (Å²) in [6.45, 7) is 4.66. The fourth-order valence-electron chi connectivity index (χ4n) is 1.73. The molecule has 0 spiro atoms. The zero-order valence-electron chi connectivity index (χ0n) is 9.69. The van der Waals surface area contributed by atoms with Crippen LogP contribution in [0.3, 0.4) is 0 Å². The van der Waals surface area contributed by atoms with E-state index in [1.807, 2.05) is 6.92 Å². The van der Waals surface area contributed by atoms with Gasteiger partial charge in [-0.15, -0.1) is 0 Å². The molecule has 0 aliphatic carbocycles. The summed E-state index contributed by atoms with van der Waals surface area (Å²) in [6.07, 6.45) is 1.16. The molecule has 0 radical (unpaired) electrons. The molecule has 1 aliphatic heterocycles. The molecule has 1 aromatic rings. The summed E-state index contributed by atoms with van der Waals surface area (Å²) in [5, 5.41) is 3.30. The molecule has 0 amide bonds. The smallest absolute Gasteiger partial charge is 0.319 e. The van der Waals surface area contributed by atoms with Gasteiger partial charge in [0.05, 0.1) is 13.7 Å². The standard InChI is InChI=1S/C11H17N3O2/c1-8-5-10(15-2)14-11(13-8)16-7-9-3-4-12-6-9/h5,9,12H,3-4,6-7H2,1-2H3. The Bertz CT molecular complexity index is 351. The first-order valence-electron chi connectivity index (χ1n) is 5.51. The average molecular weight is 223 g/mol. The Morgan fingerprint density at radius 2 is 2.38 bits per heavy atom. The summed E-state index contributed by atoms with van der Waals surface area (Å²) in [7, 11) is 1.59. The number of hydrogen-bond acceptors (Lipinski definition) is 5. The Morgan fingerprint density at radius 1 is 1.50 bits per heavy atom. The molecule has 1 N–H and O–H groups in total. The van der Waals surface area contributed by atoms with Crippen molar-refractivity contribution in [2.75, 3.05) is 26.8 Å². The van der Waals surface area contributed by atoms with Crippen LogP contribution in [0.25, 0.3) is 0 Å². The molecule has 2 heterocycles. The maximum absolute atomic E-state index is 5.57. The van der Waals surface area contributed by atoms with Gasteiger partial charge in [0.15, 0.2) is 0 Å². The van der Waals surface area contributed by atoms with E-state index in [4.69, 9.17) is 9.47 Å². The fraction of sp³-hybridized carbons (Fsp3) is 0.636. The second kappa shape index (κ2) is 5.12. The Hall–Kier alpha value is -1.36. The van der Waals surface area contributed by atoms with Gasteiger partial charge in [0, 0.05) is 24.2 Å². The topological polar surface area (TPSA) is 56.3 Å². The highest BCUT2D eigenvalue weighted by atomic mass is 16.5. The summed E-state index contributed by atoms with van der Waals surface area (Å²) < 4.78 is 10.6. The van der Waals surface area contributed by atoms with Gasteiger partial charge in [-0.25, -0.2) is 4.98 Å². The third kappa shape index (κ3) is 2.82. The average Bonchev–Trinajstić information content (AvgIpc) is 2.78. The second-order valence-electron chi connectivity index (χ2n) is 4.00. The molecular weight excluding hydrogens is 206 g/mol. The molecule has 5 heteroatoms. The van der Waals surface area contributed by atoms with Crippen molar-refractivity contribution in [3.05, 3.63) is 11.8 Å². The molecule has 1 fully saturated rings. The van der Waals surface area contributed by atoms with Crippen LogP contribution in [-0.4, -0.2) is 36.8 Å². The first-order valence-corrected chi connectivity index (χ1v) is 5.51. The van der Waals surface area contributed by atoms with E-state index >= 15 is 0 Å². The summed E-state index contributed by atoms with van der Waals surface area (Å²) in [5.41, 5.74) is 0.853. The van der Waals surface area contributed by atoms with Gasteiger partial charge in [-0.1, -0.05) is 0 Å². The van der Waals surface area contributed by atoms with Crippen LogP contribution in [0.1, 0.15) is 12.1 Å². The molecular formula is C11H17N3O2. The summed E-state index contributed by atoms with van der Waals surface area (Å²) >= 11 is 0. The maximum atomic E-state index is 5.57. The number of hydrogen-bond donors (Lipinski definition) is 1. The van der Waals surface area contributed by atoms with Crippen molar-refractivity contribution in [2.24, 2.45) is 5.92 Å². The minimum absolute atomic E-state index is 0.406. The van der Waals surface area contributed by atoms with Gasteiger partial charge in [-0.05, 0) is 19.9 Å². The van der Waals surface area contributed by atoms with Crippen LogP contribution in [0.2, 0.25) is 0 Å². The molecule has 2 rings (SSSR count). The minimum Gasteiger partial charge on any atom is -0.481 e. The summed E-state index contributed by atoms with van der Waals surface area (Å²) in [4.78, 5) is 8.35. The zero-order chi connectivity index (χ0) is 11.4. The Morgan fingerprint density at radius 3 is 3.06 bits per heavy atom. The Balaban J connectivity index is 1.94. The van der Waals surface area contributed by atoms with Gasteiger partial charge >= 0.3 is 6.01 Å². The van der Waals surface area contributed by atoms with Crippen LogP contribution in [0, 0.1) is 12.8 Å². The van der Waals surface area contributed by atoms with Gasteiger partial charge in [-0.2, -0.15) is 4.98 Å². The molecule has 1 atom stereocenters. The van der Waals surface area contributed by atoms with Crippen molar-refractivity contribution >= 4 is 0 Å². The lowest BCUT2D eigenvalue weighted by molar-refractivity contribution is 0.237. The Kier molecular flexibility index (Phi) is 3.56. The van der Waals surface area contributed by atoms with Crippen molar-refractivity contribution in [2.45, 2.75) is 13.3 Å². The van der Waals surface area contributed by atoms with Crippen LogP contribution in [0.15, 0.2) is 6.07 Å². The summed E-state index contributed by atoms with van der Waals surface area (Å²) in [5.74, 6) is 1.11. The molecule has 0 bridgehead atoms. The van der Waals surface area contributed by atoms with E-state index in [0.717, 1.165) is 25.2 Å². The van der Waals surface area contributed by atoms with E-state index in [-0.39, 0.29) is 0 Å². The number of nitrogens with zero attached hydrogens (tertiary/aromatic N) is 2. The van der Waals surface area contributed by atoms with Gasteiger partial charge in [0.25, 0.3) is 0 Å². The highest BCUT2D eigenvalue weighted by Crippen LogP contribution is 2.15. The van der Waals surface area contributed by atoms with Gasteiger partial charge in [0.2, 0.25) is 5.88 Å². The lowest BCUT2D eigenvalue weighted by Crippen LogP contribution is -2.16. The van der Waals surface area contributed by atoms with Crippen molar-refractivity contribution in [3.8, 4) is 11.9 Å². The lowest BCUT2D eigenvalue weighted by Gasteiger charge is -2.10. The third-order valence-corrected chi connectivity index (χ3v) is 2.63. The van der Waals surface area contributed by atoms with Crippen LogP contribution in [-0.2, 0) is 0 Å². The van der Waals surface area contributed by atoms with Crippen LogP contribution in [0.4, 0.5) is 0 Å². The zero-order valence-corrected chi connectivity index (χ0v) is 9.69. The maximum Gasteiger partial charge on any atom is 0.319 e. The van der Waals surface area contributed by atoms with E-state index in [1.54, 1.807) is 13.2 Å². The van der Waals surface area contributed by atoms with E-state index in [0.29, 0.717) is 24.4 Å². The molecule has 16 heavy (non-hydrogen) atoms. The number of methoxy groups -OCH3 is 1. The van der Waals surface area contributed by atoms with Gasteiger partial charge in [-0.3, -0.25) is 0 Å². The second-order valence-corrected chi connectivity index (χ2v) is 4.00. The molecule has 0 aromatic carbocycles. The first kappa shape index (κ1) is 11.1. The van der Waals surface area contributed by atoms with Crippen LogP contribution >= 0.6 is 0 Å². The third-order valence-electron chi connectivity index (χ3n) is 2.63. The van der Waals surface area contributed by atoms with Crippen molar-refractivity contribution < 1.29 is 9.47 Å². The Labute approximate surface area is 95.2 Å². The van der Waals surface area contributed by atoms with Crippen molar-refractivity contribution in [1.29, 1.82) is 0 Å². The number of rotatable bonds is 4. The monoisotopic (exact) mass is 223 g/mol. The van der Waals surface area contributed by atoms with E-state index in [1.165, 1.54) is 0 Å². The molecule has 88 valence electrons. The number of aryl methyl sites for hydroxylation is 1. The molecule has 1 saturated heterocycles. The quantitative estimate of drug-likeness (QED) is 0.817. The van der Waals surface area contributed by atoms with Gasteiger partial charge in [0.1, 0.15) is 0 Å². The molecule has 1 unspecified atom stereocenters. The highest BCUT2D eigenvalue weighted by Gasteiger charge is 2.15. The van der Waals surface area contributed by atoms with Gasteiger partial charge < -0.3 is 14.8 Å². The van der Waals surface area contributed by atoms with E-state index in [9.17, 15) is 0 Å². The molecule has 5 nitrogen and oxygen atoms in total. The van der Waals surface area contributed by atoms with E-state index in [2.05, 4.69) is 15.3 Å². The molecule has 0 saturated carbocycles. The minimum atomic E-state index is 0.406. The van der Waals surface area contributed by atoms with E-state index < -0.39 is 0 Å². The largest absolute Gasteiger partial charge is 0.481 e. The SMILES string of the molecule is COc1cc(C)nc(OCC2CCNC2)n1.